The van der Waals surface area contributed by atoms with E-state index in [-0.39, 0.29) is 30.9 Å². The SMILES string of the molecule is COC(=O)CN(Cc1ccc(F)c(CN)c1)C(C)C. The summed E-state index contributed by atoms with van der Waals surface area (Å²) in [6.45, 7) is 4.93. The van der Waals surface area contributed by atoms with E-state index in [9.17, 15) is 9.18 Å². The lowest BCUT2D eigenvalue weighted by molar-refractivity contribution is -0.142. The number of benzene rings is 1. The van der Waals surface area contributed by atoms with Gasteiger partial charge in [0.25, 0.3) is 0 Å². The lowest BCUT2D eigenvalue weighted by Gasteiger charge is -2.25. The third-order valence-corrected chi connectivity index (χ3v) is 3.01. The highest BCUT2D eigenvalue weighted by Crippen LogP contribution is 2.13. The third kappa shape index (κ3) is 4.61. The van der Waals surface area contributed by atoms with Crippen LogP contribution in [0.1, 0.15) is 25.0 Å². The minimum absolute atomic E-state index is 0.165. The number of halogens is 1. The molecule has 0 fully saturated rings. The van der Waals surface area contributed by atoms with Crippen molar-refractivity contribution in [3.8, 4) is 0 Å². The molecule has 106 valence electrons. The van der Waals surface area contributed by atoms with Gasteiger partial charge in [0.2, 0.25) is 0 Å². The van der Waals surface area contributed by atoms with Gasteiger partial charge >= 0.3 is 5.97 Å². The first-order valence-corrected chi connectivity index (χ1v) is 6.26. The predicted octanol–water partition coefficient (Wildman–Crippen LogP) is 1.67. The van der Waals surface area contributed by atoms with Crippen LogP contribution in [0.5, 0.6) is 0 Å². The summed E-state index contributed by atoms with van der Waals surface area (Å²) < 4.78 is 18.0. The molecule has 1 aromatic rings. The van der Waals surface area contributed by atoms with Crippen LogP contribution >= 0.6 is 0 Å². The molecule has 0 bridgehead atoms. The molecule has 0 spiro atoms. The Hall–Kier alpha value is -1.46. The van der Waals surface area contributed by atoms with Crippen molar-refractivity contribution >= 4 is 5.97 Å². The van der Waals surface area contributed by atoms with Gasteiger partial charge in [0.1, 0.15) is 5.82 Å². The van der Waals surface area contributed by atoms with Gasteiger partial charge in [-0.25, -0.2) is 4.39 Å². The van der Waals surface area contributed by atoms with Crippen LogP contribution in [0.15, 0.2) is 18.2 Å². The van der Waals surface area contributed by atoms with Crippen molar-refractivity contribution < 1.29 is 13.9 Å². The Balaban J connectivity index is 2.81. The van der Waals surface area contributed by atoms with E-state index in [4.69, 9.17) is 5.73 Å². The maximum Gasteiger partial charge on any atom is 0.319 e. The quantitative estimate of drug-likeness (QED) is 0.797. The molecule has 5 heteroatoms. The first-order chi connectivity index (χ1) is 8.97. The van der Waals surface area contributed by atoms with E-state index in [0.29, 0.717) is 12.1 Å². The zero-order valence-electron chi connectivity index (χ0n) is 11.6. The van der Waals surface area contributed by atoms with Crippen molar-refractivity contribution in [3.05, 3.63) is 35.1 Å². The Morgan fingerprint density at radius 3 is 2.68 bits per heavy atom. The number of carbonyl (C=O) groups is 1. The van der Waals surface area contributed by atoms with E-state index in [1.165, 1.54) is 13.2 Å². The molecule has 0 aromatic heterocycles. The largest absolute Gasteiger partial charge is 0.468 e. The minimum Gasteiger partial charge on any atom is -0.468 e. The molecule has 0 aliphatic carbocycles. The van der Waals surface area contributed by atoms with Crippen LogP contribution in [-0.2, 0) is 22.6 Å². The molecule has 4 nitrogen and oxygen atoms in total. The number of esters is 1. The zero-order valence-corrected chi connectivity index (χ0v) is 11.6. The summed E-state index contributed by atoms with van der Waals surface area (Å²) in [6.07, 6.45) is 0. The summed E-state index contributed by atoms with van der Waals surface area (Å²) in [5.74, 6) is -0.579. The van der Waals surface area contributed by atoms with Gasteiger partial charge in [-0.15, -0.1) is 0 Å². The smallest absolute Gasteiger partial charge is 0.319 e. The number of rotatable bonds is 6. The number of hydrogen-bond acceptors (Lipinski definition) is 4. The monoisotopic (exact) mass is 268 g/mol. The first-order valence-electron chi connectivity index (χ1n) is 6.26. The van der Waals surface area contributed by atoms with E-state index >= 15 is 0 Å². The highest BCUT2D eigenvalue weighted by Gasteiger charge is 2.15. The molecule has 0 aliphatic rings. The number of methoxy groups -OCH3 is 1. The molecular weight excluding hydrogens is 247 g/mol. The topological polar surface area (TPSA) is 55.6 Å². The Morgan fingerprint density at radius 2 is 2.16 bits per heavy atom. The Bertz CT molecular complexity index is 435. The summed E-state index contributed by atoms with van der Waals surface area (Å²) >= 11 is 0. The van der Waals surface area contributed by atoms with Gasteiger partial charge < -0.3 is 10.5 Å². The fraction of sp³-hybridized carbons (Fsp3) is 0.500. The highest BCUT2D eigenvalue weighted by molar-refractivity contribution is 5.71. The molecule has 0 heterocycles. The molecule has 2 N–H and O–H groups in total. The second-order valence-electron chi connectivity index (χ2n) is 4.70. The minimum atomic E-state index is -0.296. The fourth-order valence-electron chi connectivity index (χ4n) is 1.77. The fourth-order valence-corrected chi connectivity index (χ4v) is 1.77. The molecule has 0 saturated heterocycles. The van der Waals surface area contributed by atoms with Gasteiger partial charge in [-0.3, -0.25) is 9.69 Å². The van der Waals surface area contributed by atoms with E-state index in [0.717, 1.165) is 5.56 Å². The Morgan fingerprint density at radius 1 is 1.47 bits per heavy atom. The second kappa shape index (κ2) is 7.21. The summed E-state index contributed by atoms with van der Waals surface area (Å²) in [7, 11) is 1.37. The molecule has 0 saturated carbocycles. The molecule has 19 heavy (non-hydrogen) atoms. The van der Waals surface area contributed by atoms with Crippen LogP contribution in [0.2, 0.25) is 0 Å². The molecular formula is C14H21FN2O2. The average molecular weight is 268 g/mol. The summed E-state index contributed by atoms with van der Waals surface area (Å²) in [5, 5.41) is 0. The third-order valence-electron chi connectivity index (χ3n) is 3.01. The number of ether oxygens (including phenoxy) is 1. The molecule has 1 rings (SSSR count). The Kier molecular flexibility index (Phi) is 5.92. The van der Waals surface area contributed by atoms with Gasteiger partial charge in [-0.2, -0.15) is 0 Å². The molecule has 0 amide bonds. The number of nitrogens with zero attached hydrogens (tertiary/aromatic N) is 1. The molecule has 0 atom stereocenters. The standard InChI is InChI=1S/C14H21FN2O2/c1-10(2)17(9-14(18)19-3)8-11-4-5-13(15)12(6-11)7-16/h4-6,10H,7-9,16H2,1-3H3. The van der Waals surface area contributed by atoms with Crippen LogP contribution in [0.4, 0.5) is 4.39 Å². The summed E-state index contributed by atoms with van der Waals surface area (Å²) in [5.41, 5.74) is 6.90. The van der Waals surface area contributed by atoms with Gasteiger partial charge in [0.15, 0.2) is 0 Å². The average Bonchev–Trinajstić information content (AvgIpc) is 2.39. The lowest BCUT2D eigenvalue weighted by atomic mass is 10.1. The van der Waals surface area contributed by atoms with Crippen LogP contribution in [0, 0.1) is 5.82 Å². The lowest BCUT2D eigenvalue weighted by Crippen LogP contribution is -2.35. The van der Waals surface area contributed by atoms with Crippen LogP contribution in [0.3, 0.4) is 0 Å². The number of nitrogens with two attached hydrogens (primary N) is 1. The van der Waals surface area contributed by atoms with Crippen molar-refractivity contribution in [2.24, 2.45) is 5.73 Å². The van der Waals surface area contributed by atoms with Crippen molar-refractivity contribution in [1.29, 1.82) is 0 Å². The van der Waals surface area contributed by atoms with Crippen LogP contribution in [-0.4, -0.2) is 30.6 Å². The first kappa shape index (κ1) is 15.6. The van der Waals surface area contributed by atoms with Crippen molar-refractivity contribution in [3.63, 3.8) is 0 Å². The normalized spacial score (nSPS) is 11.1. The molecule has 0 aliphatic heterocycles. The number of hydrogen-bond donors (Lipinski definition) is 1. The van der Waals surface area contributed by atoms with E-state index in [1.54, 1.807) is 12.1 Å². The van der Waals surface area contributed by atoms with Crippen molar-refractivity contribution in [1.82, 2.24) is 4.90 Å². The maximum atomic E-state index is 13.4. The van der Waals surface area contributed by atoms with E-state index < -0.39 is 0 Å². The number of carbonyl (C=O) groups excluding carboxylic acids is 1. The second-order valence-corrected chi connectivity index (χ2v) is 4.70. The molecule has 0 radical (unpaired) electrons. The molecule has 0 unspecified atom stereocenters. The predicted molar refractivity (Wildman–Crippen MR) is 71.9 cm³/mol. The van der Waals surface area contributed by atoms with Crippen molar-refractivity contribution in [2.75, 3.05) is 13.7 Å². The van der Waals surface area contributed by atoms with Crippen LogP contribution < -0.4 is 5.73 Å². The summed E-state index contributed by atoms with van der Waals surface area (Å²) in [6, 6.07) is 5.04. The van der Waals surface area contributed by atoms with E-state index in [1.807, 2.05) is 18.7 Å². The van der Waals surface area contributed by atoms with Gasteiger partial charge in [0.05, 0.1) is 13.7 Å². The Labute approximate surface area is 113 Å². The maximum absolute atomic E-state index is 13.4. The van der Waals surface area contributed by atoms with Gasteiger partial charge in [-0.05, 0) is 25.5 Å². The van der Waals surface area contributed by atoms with Crippen LogP contribution in [0.25, 0.3) is 0 Å². The van der Waals surface area contributed by atoms with Gasteiger partial charge in [-0.1, -0.05) is 12.1 Å². The molecule has 1 aromatic carbocycles. The highest BCUT2D eigenvalue weighted by atomic mass is 19.1. The van der Waals surface area contributed by atoms with Crippen molar-refractivity contribution in [2.45, 2.75) is 33.0 Å². The van der Waals surface area contributed by atoms with Gasteiger partial charge in [0, 0.05) is 24.7 Å². The van der Waals surface area contributed by atoms with E-state index in [2.05, 4.69) is 4.74 Å². The zero-order chi connectivity index (χ0) is 14.4. The summed E-state index contributed by atoms with van der Waals surface area (Å²) in [4.78, 5) is 13.3.